The first kappa shape index (κ1) is 14.2. The zero-order valence-electron chi connectivity index (χ0n) is 10.1. The van der Waals surface area contributed by atoms with Crippen molar-refractivity contribution in [3.63, 3.8) is 0 Å². The third-order valence-corrected chi connectivity index (χ3v) is 2.75. The van der Waals surface area contributed by atoms with Crippen LogP contribution in [0.2, 0.25) is 0 Å². The number of rotatable bonds is 6. The third kappa shape index (κ3) is 4.48. The van der Waals surface area contributed by atoms with E-state index in [1.807, 2.05) is 26.0 Å². The maximum absolute atomic E-state index is 11.1. The number of alkyl halides is 1. The second-order valence-corrected chi connectivity index (χ2v) is 4.89. The lowest BCUT2D eigenvalue weighted by Gasteiger charge is -2.11. The molecule has 0 aliphatic heterocycles. The Bertz CT molecular complexity index is 388. The number of aromatic carboxylic acids is 1. The molecule has 0 heterocycles. The highest BCUT2D eigenvalue weighted by atomic mass is 79.9. The number of carbonyl (C=O) groups is 1. The molecular weight excluding hydrogens is 284 g/mol. The lowest BCUT2D eigenvalue weighted by atomic mass is 10.0. The summed E-state index contributed by atoms with van der Waals surface area (Å²) in [7, 11) is 0. The van der Waals surface area contributed by atoms with Crippen molar-refractivity contribution in [2.45, 2.75) is 33.0 Å². The minimum Gasteiger partial charge on any atom is -0.478 e. The molecule has 17 heavy (non-hydrogen) atoms. The van der Waals surface area contributed by atoms with Gasteiger partial charge >= 0.3 is 5.97 Å². The van der Waals surface area contributed by atoms with Gasteiger partial charge < -0.3 is 9.84 Å². The fourth-order valence-electron chi connectivity index (χ4n) is 1.50. The number of benzene rings is 1. The highest BCUT2D eigenvalue weighted by molar-refractivity contribution is 9.09. The highest BCUT2D eigenvalue weighted by Crippen LogP contribution is 2.15. The van der Waals surface area contributed by atoms with Crippen molar-refractivity contribution in [3.05, 3.63) is 34.9 Å². The second-order valence-electron chi connectivity index (χ2n) is 4.10. The van der Waals surface area contributed by atoms with Gasteiger partial charge in [0, 0.05) is 5.33 Å². The van der Waals surface area contributed by atoms with Crippen molar-refractivity contribution in [1.82, 2.24) is 0 Å². The predicted octanol–water partition coefficient (Wildman–Crippen LogP) is 3.25. The molecular formula is C13H17BrO3. The molecule has 1 aromatic rings. The first-order chi connectivity index (χ1) is 8.04. The molecule has 0 saturated carbocycles. The Morgan fingerprint density at radius 1 is 1.47 bits per heavy atom. The molecule has 1 rings (SSSR count). The fourth-order valence-corrected chi connectivity index (χ4v) is 1.95. The summed E-state index contributed by atoms with van der Waals surface area (Å²) in [6.07, 6.45) is 0.977. The maximum Gasteiger partial charge on any atom is 0.336 e. The van der Waals surface area contributed by atoms with E-state index < -0.39 is 5.97 Å². The summed E-state index contributed by atoms with van der Waals surface area (Å²) >= 11 is 3.37. The van der Waals surface area contributed by atoms with Gasteiger partial charge in [0.05, 0.1) is 18.3 Å². The number of halogens is 1. The zero-order chi connectivity index (χ0) is 12.8. The van der Waals surface area contributed by atoms with Gasteiger partial charge in [-0.05, 0) is 37.5 Å². The summed E-state index contributed by atoms with van der Waals surface area (Å²) in [6, 6.07) is 5.41. The van der Waals surface area contributed by atoms with E-state index in [4.69, 9.17) is 9.84 Å². The van der Waals surface area contributed by atoms with E-state index >= 15 is 0 Å². The quantitative estimate of drug-likeness (QED) is 0.820. The normalized spacial score (nSPS) is 10.8. The van der Waals surface area contributed by atoms with Crippen LogP contribution in [0.1, 0.15) is 35.3 Å². The smallest absolute Gasteiger partial charge is 0.336 e. The molecule has 0 fully saturated rings. The number of hydrogen-bond acceptors (Lipinski definition) is 2. The Morgan fingerprint density at radius 3 is 2.71 bits per heavy atom. The number of carboxylic acids is 1. The van der Waals surface area contributed by atoms with Gasteiger partial charge in [-0.3, -0.25) is 0 Å². The van der Waals surface area contributed by atoms with Crippen LogP contribution in [0.3, 0.4) is 0 Å². The van der Waals surface area contributed by atoms with E-state index in [1.165, 1.54) is 0 Å². The second kappa shape index (κ2) is 6.77. The topological polar surface area (TPSA) is 46.5 Å². The van der Waals surface area contributed by atoms with Gasteiger partial charge in [-0.25, -0.2) is 4.79 Å². The average molecular weight is 301 g/mol. The molecule has 0 saturated heterocycles. The van der Waals surface area contributed by atoms with Crippen LogP contribution < -0.4 is 0 Å². The molecule has 0 atom stereocenters. The monoisotopic (exact) mass is 300 g/mol. The lowest BCUT2D eigenvalue weighted by molar-refractivity contribution is 0.0606. The highest BCUT2D eigenvalue weighted by Gasteiger charge is 2.11. The Labute approximate surface area is 110 Å². The van der Waals surface area contributed by atoms with E-state index in [-0.39, 0.29) is 6.10 Å². The molecule has 0 amide bonds. The molecule has 4 heteroatoms. The van der Waals surface area contributed by atoms with Crippen LogP contribution in [0.5, 0.6) is 0 Å². The number of carboxylic acid groups (broad SMARTS) is 1. The summed E-state index contributed by atoms with van der Waals surface area (Å²) < 4.78 is 5.48. The number of hydrogen-bond donors (Lipinski definition) is 1. The van der Waals surface area contributed by atoms with Gasteiger partial charge in [0.15, 0.2) is 0 Å². The summed E-state index contributed by atoms with van der Waals surface area (Å²) in [5.41, 5.74) is 2.18. The van der Waals surface area contributed by atoms with Crippen molar-refractivity contribution in [3.8, 4) is 0 Å². The van der Waals surface area contributed by atoms with E-state index in [1.54, 1.807) is 6.07 Å². The first-order valence-corrected chi connectivity index (χ1v) is 6.69. The van der Waals surface area contributed by atoms with Crippen LogP contribution in [-0.2, 0) is 17.8 Å². The van der Waals surface area contributed by atoms with Gasteiger partial charge in [0.25, 0.3) is 0 Å². The Morgan fingerprint density at radius 2 is 2.18 bits per heavy atom. The van der Waals surface area contributed by atoms with Crippen molar-refractivity contribution >= 4 is 21.9 Å². The molecule has 3 nitrogen and oxygen atoms in total. The van der Waals surface area contributed by atoms with E-state index in [9.17, 15) is 4.79 Å². The minimum absolute atomic E-state index is 0.0940. The Kier molecular flexibility index (Phi) is 5.65. The Hall–Kier alpha value is -0.870. The predicted molar refractivity (Wildman–Crippen MR) is 70.8 cm³/mol. The molecule has 1 N–H and O–H groups in total. The largest absolute Gasteiger partial charge is 0.478 e. The van der Waals surface area contributed by atoms with Gasteiger partial charge in [0.2, 0.25) is 0 Å². The van der Waals surface area contributed by atoms with Crippen molar-refractivity contribution in [2.24, 2.45) is 0 Å². The molecule has 0 spiro atoms. The van der Waals surface area contributed by atoms with Gasteiger partial charge in [-0.15, -0.1) is 0 Å². The van der Waals surface area contributed by atoms with Crippen molar-refractivity contribution < 1.29 is 14.6 Å². The van der Waals surface area contributed by atoms with E-state index in [2.05, 4.69) is 15.9 Å². The fraction of sp³-hybridized carbons (Fsp3) is 0.462. The minimum atomic E-state index is -0.905. The summed E-state index contributed by atoms with van der Waals surface area (Å²) in [5.74, 6) is -0.905. The van der Waals surface area contributed by atoms with Crippen LogP contribution in [0, 0.1) is 0 Å². The van der Waals surface area contributed by atoms with Crippen LogP contribution in [0.25, 0.3) is 0 Å². The van der Waals surface area contributed by atoms with Crippen molar-refractivity contribution in [2.75, 3.05) is 5.33 Å². The lowest BCUT2D eigenvalue weighted by Crippen LogP contribution is -2.08. The first-order valence-electron chi connectivity index (χ1n) is 5.57. The standard InChI is InChI=1S/C13H17BrO3/c1-9(2)17-8-11-7-10(5-6-14)3-4-12(11)13(15)16/h3-4,7,9H,5-6,8H2,1-2H3,(H,15,16). The van der Waals surface area contributed by atoms with Crippen LogP contribution in [-0.4, -0.2) is 22.5 Å². The molecule has 0 aromatic heterocycles. The van der Waals surface area contributed by atoms with Crippen LogP contribution in [0.4, 0.5) is 0 Å². The van der Waals surface area contributed by atoms with Crippen LogP contribution >= 0.6 is 15.9 Å². The molecule has 0 radical (unpaired) electrons. The van der Waals surface area contributed by atoms with E-state index in [0.29, 0.717) is 12.2 Å². The summed E-state index contributed by atoms with van der Waals surface area (Å²) in [6.45, 7) is 4.21. The SMILES string of the molecule is CC(C)OCc1cc(CCBr)ccc1C(=O)O. The molecule has 94 valence electrons. The maximum atomic E-state index is 11.1. The van der Waals surface area contributed by atoms with E-state index in [0.717, 1.165) is 22.9 Å². The van der Waals surface area contributed by atoms with Gasteiger partial charge in [0.1, 0.15) is 0 Å². The number of aryl methyl sites for hydroxylation is 1. The molecule has 0 aliphatic carbocycles. The summed E-state index contributed by atoms with van der Waals surface area (Å²) in [4.78, 5) is 11.1. The van der Waals surface area contributed by atoms with Gasteiger partial charge in [-0.2, -0.15) is 0 Å². The third-order valence-electron chi connectivity index (χ3n) is 2.36. The molecule has 0 unspecified atom stereocenters. The zero-order valence-corrected chi connectivity index (χ0v) is 11.7. The average Bonchev–Trinajstić information content (AvgIpc) is 2.26. The van der Waals surface area contributed by atoms with Crippen LogP contribution in [0.15, 0.2) is 18.2 Å². The number of ether oxygens (including phenoxy) is 1. The molecule has 0 bridgehead atoms. The Balaban J connectivity index is 2.94. The molecule has 1 aromatic carbocycles. The molecule has 0 aliphatic rings. The van der Waals surface area contributed by atoms with Crippen molar-refractivity contribution in [1.29, 1.82) is 0 Å². The van der Waals surface area contributed by atoms with Gasteiger partial charge in [-0.1, -0.05) is 28.1 Å². The summed E-state index contributed by atoms with van der Waals surface area (Å²) in [5, 5.41) is 9.95.